The van der Waals surface area contributed by atoms with Crippen molar-refractivity contribution in [1.82, 2.24) is 10.3 Å². The molecule has 0 spiro atoms. The van der Waals surface area contributed by atoms with Crippen molar-refractivity contribution in [2.24, 2.45) is 5.10 Å². The number of nitrogens with zero attached hydrogens (tertiary/aromatic N) is 3. The summed E-state index contributed by atoms with van der Waals surface area (Å²) >= 11 is 0. The van der Waals surface area contributed by atoms with Crippen LogP contribution < -0.4 is 5.43 Å². The molecule has 7 heteroatoms. The van der Waals surface area contributed by atoms with Crippen molar-refractivity contribution in [3.63, 3.8) is 0 Å². The molecule has 1 fully saturated rings. The minimum Gasteiger partial charge on any atom is -0.294 e. The van der Waals surface area contributed by atoms with E-state index in [1.807, 2.05) is 0 Å². The molecule has 0 bridgehead atoms. The molecule has 0 atom stereocenters. The Balaban J connectivity index is 1.77. The van der Waals surface area contributed by atoms with E-state index < -0.39 is 4.92 Å². The van der Waals surface area contributed by atoms with Gasteiger partial charge in [0.05, 0.1) is 11.5 Å². The number of amides is 1. The van der Waals surface area contributed by atoms with E-state index in [0.717, 1.165) is 25.9 Å². The third-order valence-electron chi connectivity index (χ3n) is 3.29. The molecule has 1 saturated heterocycles. The first kappa shape index (κ1) is 15.8. The van der Waals surface area contributed by atoms with Gasteiger partial charge >= 0.3 is 0 Å². The first-order valence-electron chi connectivity index (χ1n) is 7.10. The molecule has 1 aliphatic heterocycles. The number of likely N-dealkylation sites (tertiary alicyclic amines) is 1. The largest absolute Gasteiger partial charge is 0.294 e. The number of hydrazone groups is 1. The fourth-order valence-corrected chi connectivity index (χ4v) is 2.23. The van der Waals surface area contributed by atoms with Gasteiger partial charge in [0.1, 0.15) is 0 Å². The van der Waals surface area contributed by atoms with Gasteiger partial charge in [-0.1, -0.05) is 18.2 Å². The van der Waals surface area contributed by atoms with Gasteiger partial charge in [0, 0.05) is 18.3 Å². The quantitative estimate of drug-likeness (QED) is 0.493. The van der Waals surface area contributed by atoms with Gasteiger partial charge in [0.15, 0.2) is 0 Å². The Bertz CT molecular complexity index is 592. The number of nitro benzene ring substituents is 1. The van der Waals surface area contributed by atoms with E-state index in [-0.39, 0.29) is 11.6 Å². The second-order valence-electron chi connectivity index (χ2n) is 5.01. The van der Waals surface area contributed by atoms with Crippen molar-refractivity contribution >= 4 is 23.9 Å². The minimum atomic E-state index is -0.440. The second-order valence-corrected chi connectivity index (χ2v) is 5.01. The van der Waals surface area contributed by atoms with Gasteiger partial charge in [0.25, 0.3) is 11.6 Å². The molecule has 7 nitrogen and oxygen atoms in total. The number of nitro groups is 1. The zero-order valence-electron chi connectivity index (χ0n) is 12.1. The van der Waals surface area contributed by atoms with E-state index in [9.17, 15) is 14.9 Å². The van der Waals surface area contributed by atoms with E-state index >= 15 is 0 Å². The second kappa shape index (κ2) is 8.04. The Hall–Kier alpha value is -2.54. The number of allylic oxidation sites excluding steroid dienone is 1. The normalized spacial score (nSPS) is 15.6. The van der Waals surface area contributed by atoms with Crippen LogP contribution in [-0.2, 0) is 4.79 Å². The van der Waals surface area contributed by atoms with Gasteiger partial charge in [-0.3, -0.25) is 19.8 Å². The van der Waals surface area contributed by atoms with Crippen LogP contribution in [0.5, 0.6) is 0 Å². The highest BCUT2D eigenvalue weighted by atomic mass is 16.6. The predicted molar refractivity (Wildman–Crippen MR) is 84.4 cm³/mol. The smallest absolute Gasteiger partial charge is 0.270 e. The molecule has 1 heterocycles. The first-order chi connectivity index (χ1) is 10.6. The molecule has 0 aliphatic carbocycles. The highest BCUT2D eigenvalue weighted by molar-refractivity contribution is 5.82. The van der Waals surface area contributed by atoms with Gasteiger partial charge in [-0.15, -0.1) is 0 Å². The molecule has 0 aromatic heterocycles. The lowest BCUT2D eigenvalue weighted by atomic mass is 10.2. The Morgan fingerprint density at radius 2 is 2.18 bits per heavy atom. The predicted octanol–water partition coefficient (Wildman–Crippen LogP) is 1.81. The Morgan fingerprint density at radius 1 is 1.41 bits per heavy atom. The van der Waals surface area contributed by atoms with E-state index in [0.29, 0.717) is 12.1 Å². The Morgan fingerprint density at radius 3 is 2.91 bits per heavy atom. The maximum absolute atomic E-state index is 11.6. The van der Waals surface area contributed by atoms with Crippen molar-refractivity contribution in [2.45, 2.75) is 12.8 Å². The summed E-state index contributed by atoms with van der Waals surface area (Å²) in [4.78, 5) is 23.9. The molecule has 116 valence electrons. The minimum absolute atomic E-state index is 0.0398. The summed E-state index contributed by atoms with van der Waals surface area (Å²) in [5.74, 6) is -0.137. The van der Waals surface area contributed by atoms with Crippen molar-refractivity contribution in [2.75, 3.05) is 19.6 Å². The number of carbonyl (C=O) groups excluding carboxylic acids is 1. The third-order valence-corrected chi connectivity index (χ3v) is 3.29. The van der Waals surface area contributed by atoms with Crippen LogP contribution in [0, 0.1) is 10.1 Å². The lowest BCUT2D eigenvalue weighted by Gasteiger charge is -2.11. The number of non-ortho nitro benzene ring substituents is 1. The summed E-state index contributed by atoms with van der Waals surface area (Å²) in [6.45, 7) is 2.29. The van der Waals surface area contributed by atoms with Crippen molar-refractivity contribution in [3.05, 3.63) is 46.0 Å². The van der Waals surface area contributed by atoms with E-state index in [2.05, 4.69) is 15.4 Å². The molecule has 1 aromatic rings. The molecule has 1 aromatic carbocycles. The number of nitrogens with one attached hydrogen (secondary N) is 1. The third kappa shape index (κ3) is 5.10. The van der Waals surface area contributed by atoms with E-state index in [1.165, 1.54) is 18.3 Å². The SMILES string of the molecule is O=C(CN1CCCC1)N/N=C/C=C/c1cccc([N+](=O)[O-])c1. The van der Waals surface area contributed by atoms with Crippen LogP contribution in [0.2, 0.25) is 0 Å². The standard InChI is InChI=1S/C15H18N4O3/c20-15(12-18-9-1-2-10-18)17-16-8-4-6-13-5-3-7-14(11-13)19(21)22/h3-8,11H,1-2,9-10,12H2,(H,17,20)/b6-4+,16-8+. The number of hydrogen-bond donors (Lipinski definition) is 1. The highest BCUT2D eigenvalue weighted by Crippen LogP contribution is 2.13. The van der Waals surface area contributed by atoms with Crippen LogP contribution in [0.4, 0.5) is 5.69 Å². The summed E-state index contributed by atoms with van der Waals surface area (Å²) in [5.41, 5.74) is 3.19. The summed E-state index contributed by atoms with van der Waals surface area (Å²) in [6, 6.07) is 6.27. The van der Waals surface area contributed by atoms with Gasteiger partial charge in [-0.2, -0.15) is 5.10 Å². The van der Waals surface area contributed by atoms with Crippen molar-refractivity contribution in [3.8, 4) is 0 Å². The molecule has 1 aliphatic rings. The van der Waals surface area contributed by atoms with Gasteiger partial charge in [0.2, 0.25) is 0 Å². The maximum Gasteiger partial charge on any atom is 0.270 e. The van der Waals surface area contributed by atoms with Crippen LogP contribution in [0.15, 0.2) is 35.4 Å². The molecular formula is C15H18N4O3. The number of hydrogen-bond acceptors (Lipinski definition) is 5. The highest BCUT2D eigenvalue weighted by Gasteiger charge is 2.14. The van der Waals surface area contributed by atoms with Crippen molar-refractivity contribution in [1.29, 1.82) is 0 Å². The summed E-state index contributed by atoms with van der Waals surface area (Å²) in [7, 11) is 0. The Kier molecular flexibility index (Phi) is 5.79. The van der Waals surface area contributed by atoms with Crippen molar-refractivity contribution < 1.29 is 9.72 Å². The molecule has 0 unspecified atom stereocenters. The topological polar surface area (TPSA) is 87.8 Å². The number of rotatable bonds is 6. The van der Waals surface area contributed by atoms with Gasteiger partial charge in [-0.05, 0) is 37.6 Å². The molecule has 22 heavy (non-hydrogen) atoms. The average Bonchev–Trinajstić information content (AvgIpc) is 3.00. The van der Waals surface area contributed by atoms with Crippen LogP contribution in [0.25, 0.3) is 6.08 Å². The van der Waals surface area contributed by atoms with Crippen LogP contribution in [0.1, 0.15) is 18.4 Å². The number of carbonyl (C=O) groups is 1. The van der Waals surface area contributed by atoms with Gasteiger partial charge in [-0.25, -0.2) is 5.43 Å². The molecule has 0 saturated carbocycles. The molecule has 2 rings (SSSR count). The fourth-order valence-electron chi connectivity index (χ4n) is 2.23. The summed E-state index contributed by atoms with van der Waals surface area (Å²) in [6.07, 6.45) is 7.03. The molecule has 1 N–H and O–H groups in total. The zero-order valence-corrected chi connectivity index (χ0v) is 12.1. The van der Waals surface area contributed by atoms with Crippen LogP contribution in [-0.4, -0.2) is 41.6 Å². The average molecular weight is 302 g/mol. The van der Waals surface area contributed by atoms with Gasteiger partial charge < -0.3 is 0 Å². The summed E-state index contributed by atoms with van der Waals surface area (Å²) in [5, 5.41) is 14.5. The Labute approximate surface area is 128 Å². The maximum atomic E-state index is 11.6. The lowest BCUT2D eigenvalue weighted by molar-refractivity contribution is -0.384. The molecular weight excluding hydrogens is 284 g/mol. The van der Waals surface area contributed by atoms with E-state index in [1.54, 1.807) is 24.3 Å². The first-order valence-corrected chi connectivity index (χ1v) is 7.10. The van der Waals surface area contributed by atoms with E-state index in [4.69, 9.17) is 0 Å². The molecule has 0 radical (unpaired) electrons. The zero-order chi connectivity index (χ0) is 15.8. The monoisotopic (exact) mass is 302 g/mol. The number of benzene rings is 1. The van der Waals surface area contributed by atoms with Crippen LogP contribution in [0.3, 0.4) is 0 Å². The summed E-state index contributed by atoms with van der Waals surface area (Å²) < 4.78 is 0. The fraction of sp³-hybridized carbons (Fsp3) is 0.333. The van der Waals surface area contributed by atoms with Crippen LogP contribution >= 0.6 is 0 Å². The molecule has 1 amide bonds. The lowest BCUT2D eigenvalue weighted by Crippen LogP contribution is -2.33.